The number of nitrogens with one attached hydrogen (secondary N) is 1. The Morgan fingerprint density at radius 1 is 1.15 bits per heavy atom. The number of hydrogen-bond acceptors (Lipinski definition) is 5. The van der Waals surface area contributed by atoms with Crippen LogP contribution < -0.4 is 5.32 Å². The molecule has 3 aromatic rings. The smallest absolute Gasteiger partial charge is 0.316 e. The highest BCUT2D eigenvalue weighted by Crippen LogP contribution is 2.18. The van der Waals surface area contributed by atoms with Crippen molar-refractivity contribution in [2.45, 2.75) is 13.8 Å². The summed E-state index contributed by atoms with van der Waals surface area (Å²) in [5, 5.41) is 6.72. The molecule has 1 amide bonds. The second-order valence-corrected chi connectivity index (χ2v) is 5.84. The van der Waals surface area contributed by atoms with Crippen LogP contribution in [0.15, 0.2) is 53.3 Å². The molecule has 0 aliphatic carbocycles. The Balaban J connectivity index is 1.61. The van der Waals surface area contributed by atoms with Crippen molar-refractivity contribution in [3.63, 3.8) is 0 Å². The Morgan fingerprint density at radius 2 is 1.85 bits per heavy atom. The molecular formula is C19H23N5O2. The van der Waals surface area contributed by atoms with Gasteiger partial charge in [0.15, 0.2) is 0 Å². The third-order valence-electron chi connectivity index (χ3n) is 4.26. The van der Waals surface area contributed by atoms with Gasteiger partial charge in [0, 0.05) is 36.7 Å². The minimum absolute atomic E-state index is 0.0194. The molecule has 7 heteroatoms. The van der Waals surface area contributed by atoms with Gasteiger partial charge < -0.3 is 19.3 Å². The summed E-state index contributed by atoms with van der Waals surface area (Å²) < 4.78 is 7.11. The summed E-state index contributed by atoms with van der Waals surface area (Å²) in [6.45, 7) is 7.44. The molecule has 0 saturated carbocycles. The molecular weight excluding hydrogens is 330 g/mol. The summed E-state index contributed by atoms with van der Waals surface area (Å²) in [7, 11) is 0. The summed E-state index contributed by atoms with van der Waals surface area (Å²) in [5.74, 6) is 0.0341. The van der Waals surface area contributed by atoms with Gasteiger partial charge in [-0.1, -0.05) is 19.0 Å². The van der Waals surface area contributed by atoms with Crippen molar-refractivity contribution < 1.29 is 9.32 Å². The van der Waals surface area contributed by atoms with E-state index in [9.17, 15) is 4.79 Å². The molecule has 0 bridgehead atoms. The average molecular weight is 353 g/mol. The SMILES string of the molecule is CCN(CC)CCNC(=O)c1nc(-c2ccc(-n3cccc3)cc2)no1. The van der Waals surface area contributed by atoms with Gasteiger partial charge >= 0.3 is 11.8 Å². The number of nitrogens with zero attached hydrogens (tertiary/aromatic N) is 4. The molecule has 3 rings (SSSR count). The van der Waals surface area contributed by atoms with Crippen LogP contribution in [-0.2, 0) is 0 Å². The summed E-state index contributed by atoms with van der Waals surface area (Å²) in [4.78, 5) is 18.6. The van der Waals surface area contributed by atoms with E-state index in [1.807, 2.05) is 53.4 Å². The van der Waals surface area contributed by atoms with Gasteiger partial charge in [-0.05, 0) is 49.5 Å². The van der Waals surface area contributed by atoms with Crippen LogP contribution in [0.1, 0.15) is 24.5 Å². The third kappa shape index (κ3) is 4.18. The summed E-state index contributed by atoms with van der Waals surface area (Å²) in [6, 6.07) is 11.7. The van der Waals surface area contributed by atoms with Crippen LogP contribution >= 0.6 is 0 Å². The molecule has 0 radical (unpaired) electrons. The zero-order chi connectivity index (χ0) is 18.4. The molecule has 0 atom stereocenters. The molecule has 0 unspecified atom stereocenters. The van der Waals surface area contributed by atoms with Crippen LogP contribution in [-0.4, -0.2) is 51.7 Å². The lowest BCUT2D eigenvalue weighted by Crippen LogP contribution is -2.34. The quantitative estimate of drug-likeness (QED) is 0.674. The molecule has 0 fully saturated rings. The Hall–Kier alpha value is -2.93. The van der Waals surface area contributed by atoms with E-state index in [1.165, 1.54) is 0 Å². The second-order valence-electron chi connectivity index (χ2n) is 5.84. The van der Waals surface area contributed by atoms with Crippen LogP contribution in [0, 0.1) is 0 Å². The van der Waals surface area contributed by atoms with Gasteiger partial charge in [-0.2, -0.15) is 4.98 Å². The van der Waals surface area contributed by atoms with Crippen molar-refractivity contribution in [2.24, 2.45) is 0 Å². The number of likely N-dealkylation sites (N-methyl/N-ethyl adjacent to an activating group) is 1. The topological polar surface area (TPSA) is 76.2 Å². The molecule has 2 aromatic heterocycles. The van der Waals surface area contributed by atoms with Gasteiger partial charge in [0.2, 0.25) is 5.82 Å². The van der Waals surface area contributed by atoms with Crippen LogP contribution in [0.3, 0.4) is 0 Å². The van der Waals surface area contributed by atoms with Crippen molar-refractivity contribution in [2.75, 3.05) is 26.2 Å². The van der Waals surface area contributed by atoms with Crippen LogP contribution in [0.25, 0.3) is 17.1 Å². The lowest BCUT2D eigenvalue weighted by molar-refractivity contribution is 0.0905. The maximum absolute atomic E-state index is 12.1. The van der Waals surface area contributed by atoms with E-state index in [-0.39, 0.29) is 11.8 Å². The van der Waals surface area contributed by atoms with E-state index in [0.717, 1.165) is 30.9 Å². The second kappa shape index (κ2) is 8.44. The van der Waals surface area contributed by atoms with Gasteiger partial charge in [0.25, 0.3) is 0 Å². The van der Waals surface area contributed by atoms with Crippen molar-refractivity contribution in [3.8, 4) is 17.1 Å². The average Bonchev–Trinajstić information content (AvgIpc) is 3.37. The Kier molecular flexibility index (Phi) is 5.80. The van der Waals surface area contributed by atoms with Gasteiger partial charge in [0.05, 0.1) is 0 Å². The van der Waals surface area contributed by atoms with Gasteiger partial charge in [-0.25, -0.2) is 0 Å². The van der Waals surface area contributed by atoms with E-state index >= 15 is 0 Å². The summed E-state index contributed by atoms with van der Waals surface area (Å²) in [5.41, 5.74) is 1.84. The first kappa shape index (κ1) is 17.9. The fourth-order valence-corrected chi connectivity index (χ4v) is 2.67. The van der Waals surface area contributed by atoms with E-state index in [0.29, 0.717) is 12.4 Å². The zero-order valence-electron chi connectivity index (χ0n) is 15.1. The lowest BCUT2D eigenvalue weighted by Gasteiger charge is -2.17. The lowest BCUT2D eigenvalue weighted by atomic mass is 10.2. The van der Waals surface area contributed by atoms with Crippen molar-refractivity contribution in [3.05, 3.63) is 54.7 Å². The number of aromatic nitrogens is 3. The van der Waals surface area contributed by atoms with Crippen molar-refractivity contribution in [1.82, 2.24) is 24.9 Å². The first-order valence-corrected chi connectivity index (χ1v) is 8.79. The van der Waals surface area contributed by atoms with Crippen molar-refractivity contribution in [1.29, 1.82) is 0 Å². The Bertz CT molecular complexity index is 820. The molecule has 7 nitrogen and oxygen atoms in total. The Morgan fingerprint density at radius 3 is 2.50 bits per heavy atom. The van der Waals surface area contributed by atoms with E-state index in [2.05, 4.69) is 34.2 Å². The standard InChI is InChI=1S/C19H23N5O2/c1-3-23(4-2)14-11-20-18(25)19-21-17(22-26-19)15-7-9-16(10-8-15)24-12-5-6-13-24/h5-10,12-13H,3-4,11,14H2,1-2H3,(H,20,25). The summed E-state index contributed by atoms with van der Waals surface area (Å²) in [6.07, 6.45) is 3.95. The normalized spacial score (nSPS) is 11.0. The highest BCUT2D eigenvalue weighted by atomic mass is 16.5. The molecule has 0 saturated heterocycles. The maximum atomic E-state index is 12.1. The molecule has 0 spiro atoms. The number of hydrogen-bond donors (Lipinski definition) is 1. The third-order valence-corrected chi connectivity index (χ3v) is 4.26. The first-order valence-electron chi connectivity index (χ1n) is 8.79. The number of benzene rings is 1. The molecule has 0 aliphatic rings. The number of rotatable bonds is 8. The van der Waals surface area contributed by atoms with E-state index in [4.69, 9.17) is 4.52 Å². The van der Waals surface area contributed by atoms with Crippen LogP contribution in [0.4, 0.5) is 0 Å². The predicted molar refractivity (Wildman–Crippen MR) is 99.2 cm³/mol. The van der Waals surface area contributed by atoms with Gasteiger partial charge in [-0.3, -0.25) is 4.79 Å². The monoisotopic (exact) mass is 353 g/mol. The molecule has 0 aliphatic heterocycles. The van der Waals surface area contributed by atoms with E-state index in [1.54, 1.807) is 0 Å². The fourth-order valence-electron chi connectivity index (χ4n) is 2.67. The molecule has 26 heavy (non-hydrogen) atoms. The minimum Gasteiger partial charge on any atom is -0.347 e. The molecule has 2 heterocycles. The molecule has 136 valence electrons. The molecule has 1 aromatic carbocycles. The van der Waals surface area contributed by atoms with Crippen LogP contribution in [0.5, 0.6) is 0 Å². The van der Waals surface area contributed by atoms with Gasteiger partial charge in [-0.15, -0.1) is 0 Å². The summed E-state index contributed by atoms with van der Waals surface area (Å²) >= 11 is 0. The largest absolute Gasteiger partial charge is 0.347 e. The predicted octanol–water partition coefficient (Wildman–Crippen LogP) is 2.60. The maximum Gasteiger partial charge on any atom is 0.316 e. The highest BCUT2D eigenvalue weighted by Gasteiger charge is 2.16. The number of amides is 1. The van der Waals surface area contributed by atoms with Crippen LogP contribution in [0.2, 0.25) is 0 Å². The Labute approximate surface area is 152 Å². The van der Waals surface area contributed by atoms with Crippen molar-refractivity contribution >= 4 is 5.91 Å². The van der Waals surface area contributed by atoms with E-state index < -0.39 is 0 Å². The highest BCUT2D eigenvalue weighted by molar-refractivity contribution is 5.89. The first-order chi connectivity index (χ1) is 12.7. The minimum atomic E-state index is -0.347. The molecule has 1 N–H and O–H groups in total. The van der Waals surface area contributed by atoms with Gasteiger partial charge in [0.1, 0.15) is 0 Å². The number of carbonyl (C=O) groups is 1. The fraction of sp³-hybridized carbons (Fsp3) is 0.316. The zero-order valence-corrected chi connectivity index (χ0v) is 15.1. The number of carbonyl (C=O) groups excluding carboxylic acids is 1.